The van der Waals surface area contributed by atoms with Gasteiger partial charge in [0.2, 0.25) is 0 Å². The third-order valence-corrected chi connectivity index (χ3v) is 2.70. The number of hydrogen-bond acceptors (Lipinski definition) is 1. The number of allylic oxidation sites excluding steroid dienone is 1. The molecule has 1 aromatic rings. The summed E-state index contributed by atoms with van der Waals surface area (Å²) in [6.45, 7) is 3.60. The fraction of sp³-hybridized carbons (Fsp3) is 0.333. The van der Waals surface area contributed by atoms with E-state index in [1.807, 2.05) is 0 Å². The van der Waals surface area contributed by atoms with E-state index in [-0.39, 0.29) is 5.82 Å². The van der Waals surface area contributed by atoms with Gasteiger partial charge in [0.15, 0.2) is 0 Å². The van der Waals surface area contributed by atoms with E-state index in [0.717, 1.165) is 17.3 Å². The van der Waals surface area contributed by atoms with E-state index in [1.165, 1.54) is 6.07 Å². The Kier molecular flexibility index (Phi) is 4.99. The molecule has 1 atom stereocenters. The molecule has 1 N–H and O–H groups in total. The van der Waals surface area contributed by atoms with Crippen LogP contribution in [0.4, 0.5) is 4.39 Å². The van der Waals surface area contributed by atoms with Crippen LogP contribution in [-0.4, -0.2) is 5.11 Å². The molecule has 1 unspecified atom stereocenters. The first kappa shape index (κ1) is 12.4. The van der Waals surface area contributed by atoms with Gasteiger partial charge >= 0.3 is 0 Å². The van der Waals surface area contributed by atoms with Crippen molar-refractivity contribution in [1.29, 1.82) is 0 Å². The van der Waals surface area contributed by atoms with Gasteiger partial charge in [-0.25, -0.2) is 4.39 Å². The lowest BCUT2D eigenvalue weighted by Gasteiger charge is -2.11. The molecule has 3 heteroatoms. The number of aliphatic hydroxyl groups excluding tert-OH is 1. The smallest absolute Gasteiger partial charge is 0.129 e. The predicted molar refractivity (Wildman–Crippen MR) is 63.1 cm³/mol. The molecule has 1 nitrogen and oxygen atoms in total. The van der Waals surface area contributed by atoms with Gasteiger partial charge in [-0.15, -0.1) is 6.58 Å². The molecule has 0 bridgehead atoms. The zero-order valence-electron chi connectivity index (χ0n) is 8.42. The van der Waals surface area contributed by atoms with Crippen LogP contribution in [0.15, 0.2) is 35.3 Å². The van der Waals surface area contributed by atoms with Crippen LogP contribution in [0.3, 0.4) is 0 Å². The first-order valence-electron chi connectivity index (χ1n) is 4.89. The quantitative estimate of drug-likeness (QED) is 0.635. The van der Waals surface area contributed by atoms with Crippen LogP contribution < -0.4 is 0 Å². The molecule has 0 aromatic heterocycles. The summed E-state index contributed by atoms with van der Waals surface area (Å²) in [5, 5.41) is 9.76. The van der Waals surface area contributed by atoms with Gasteiger partial charge in [0.1, 0.15) is 5.82 Å². The molecule has 0 heterocycles. The SMILES string of the molecule is C=CCCCC(O)c1cc(Br)ccc1F. The second-order valence-corrected chi connectivity index (χ2v) is 4.32. The Morgan fingerprint density at radius 3 is 2.93 bits per heavy atom. The Morgan fingerprint density at radius 2 is 2.27 bits per heavy atom. The maximum absolute atomic E-state index is 13.3. The van der Waals surface area contributed by atoms with Gasteiger partial charge in [-0.2, -0.15) is 0 Å². The number of hydrogen-bond donors (Lipinski definition) is 1. The molecule has 1 aromatic carbocycles. The van der Waals surface area contributed by atoms with Crippen LogP contribution in [0.1, 0.15) is 30.9 Å². The summed E-state index contributed by atoms with van der Waals surface area (Å²) >= 11 is 3.25. The van der Waals surface area contributed by atoms with E-state index in [4.69, 9.17) is 0 Å². The maximum atomic E-state index is 13.3. The average molecular weight is 273 g/mol. The van der Waals surface area contributed by atoms with Gasteiger partial charge in [-0.1, -0.05) is 22.0 Å². The first-order chi connectivity index (χ1) is 7.15. The lowest BCUT2D eigenvalue weighted by molar-refractivity contribution is 0.160. The Hall–Kier alpha value is -0.670. The van der Waals surface area contributed by atoms with Crippen molar-refractivity contribution < 1.29 is 9.50 Å². The fourth-order valence-corrected chi connectivity index (χ4v) is 1.76. The Balaban J connectivity index is 2.67. The first-order valence-corrected chi connectivity index (χ1v) is 5.68. The molecular formula is C12H14BrFO. The summed E-state index contributed by atoms with van der Waals surface area (Å²) in [6.07, 6.45) is 3.27. The average Bonchev–Trinajstić information content (AvgIpc) is 2.22. The highest BCUT2D eigenvalue weighted by Gasteiger charge is 2.12. The van der Waals surface area contributed by atoms with Crippen LogP contribution >= 0.6 is 15.9 Å². The minimum absolute atomic E-state index is 0.355. The molecule has 0 radical (unpaired) electrons. The van der Waals surface area contributed by atoms with Gasteiger partial charge in [-0.3, -0.25) is 0 Å². The molecule has 1 rings (SSSR count). The minimum Gasteiger partial charge on any atom is -0.388 e. The number of halogens is 2. The van der Waals surface area contributed by atoms with Gasteiger partial charge < -0.3 is 5.11 Å². The van der Waals surface area contributed by atoms with Crippen molar-refractivity contribution >= 4 is 15.9 Å². The monoisotopic (exact) mass is 272 g/mol. The second-order valence-electron chi connectivity index (χ2n) is 3.40. The van der Waals surface area contributed by atoms with Crippen LogP contribution in [0.2, 0.25) is 0 Å². The second kappa shape index (κ2) is 6.03. The fourth-order valence-electron chi connectivity index (χ4n) is 1.38. The molecule has 0 saturated carbocycles. The number of benzene rings is 1. The van der Waals surface area contributed by atoms with Crippen molar-refractivity contribution in [2.75, 3.05) is 0 Å². The van der Waals surface area contributed by atoms with E-state index in [0.29, 0.717) is 12.0 Å². The van der Waals surface area contributed by atoms with E-state index in [9.17, 15) is 9.50 Å². The molecule has 0 aliphatic rings. The zero-order chi connectivity index (χ0) is 11.3. The highest BCUT2D eigenvalue weighted by Crippen LogP contribution is 2.25. The summed E-state index contributed by atoms with van der Waals surface area (Å²) in [6, 6.07) is 4.60. The normalized spacial score (nSPS) is 12.5. The number of aliphatic hydroxyl groups is 1. The molecule has 0 aliphatic carbocycles. The van der Waals surface area contributed by atoms with Gasteiger partial charge in [0, 0.05) is 10.0 Å². The van der Waals surface area contributed by atoms with E-state index in [2.05, 4.69) is 22.5 Å². The molecule has 0 fully saturated rings. The summed E-state index contributed by atoms with van der Waals surface area (Å²) in [5.41, 5.74) is 0.355. The van der Waals surface area contributed by atoms with E-state index >= 15 is 0 Å². The van der Waals surface area contributed by atoms with Crippen molar-refractivity contribution in [3.63, 3.8) is 0 Å². The summed E-state index contributed by atoms with van der Waals surface area (Å²) in [4.78, 5) is 0. The third-order valence-electron chi connectivity index (χ3n) is 2.20. The van der Waals surface area contributed by atoms with Crippen LogP contribution in [0.5, 0.6) is 0 Å². The molecule has 0 amide bonds. The Morgan fingerprint density at radius 1 is 1.53 bits per heavy atom. The van der Waals surface area contributed by atoms with Crippen molar-refractivity contribution in [1.82, 2.24) is 0 Å². The maximum Gasteiger partial charge on any atom is 0.129 e. The molecule has 0 saturated heterocycles. The van der Waals surface area contributed by atoms with E-state index < -0.39 is 6.10 Å². The standard InChI is InChI=1S/C12H14BrFO/c1-2-3-4-5-12(15)10-8-9(13)6-7-11(10)14/h2,6-8,12,15H,1,3-5H2. The van der Waals surface area contributed by atoms with Crippen molar-refractivity contribution in [2.45, 2.75) is 25.4 Å². The van der Waals surface area contributed by atoms with Crippen LogP contribution in [0, 0.1) is 5.82 Å². The lowest BCUT2D eigenvalue weighted by Crippen LogP contribution is -2.00. The van der Waals surface area contributed by atoms with Gasteiger partial charge in [0.05, 0.1) is 6.10 Å². The molecule has 15 heavy (non-hydrogen) atoms. The van der Waals surface area contributed by atoms with Crippen LogP contribution in [-0.2, 0) is 0 Å². The topological polar surface area (TPSA) is 20.2 Å². The Bertz CT molecular complexity index is 338. The van der Waals surface area contributed by atoms with E-state index in [1.54, 1.807) is 18.2 Å². The molecule has 0 spiro atoms. The molecule has 82 valence electrons. The Labute approximate surface area is 97.8 Å². The largest absolute Gasteiger partial charge is 0.388 e. The number of unbranched alkanes of at least 4 members (excludes halogenated alkanes) is 1. The molecule has 0 aliphatic heterocycles. The number of rotatable bonds is 5. The summed E-state index contributed by atoms with van der Waals surface area (Å²) in [5.74, 6) is -0.357. The third kappa shape index (κ3) is 3.76. The highest BCUT2D eigenvalue weighted by molar-refractivity contribution is 9.10. The van der Waals surface area contributed by atoms with Crippen molar-refractivity contribution in [3.8, 4) is 0 Å². The van der Waals surface area contributed by atoms with Gasteiger partial charge in [-0.05, 0) is 37.5 Å². The van der Waals surface area contributed by atoms with Gasteiger partial charge in [0.25, 0.3) is 0 Å². The highest BCUT2D eigenvalue weighted by atomic mass is 79.9. The predicted octanol–water partition coefficient (Wildman–Crippen LogP) is 3.98. The summed E-state index contributed by atoms with van der Waals surface area (Å²) in [7, 11) is 0. The lowest BCUT2D eigenvalue weighted by atomic mass is 10.0. The molecular weight excluding hydrogens is 259 g/mol. The summed E-state index contributed by atoms with van der Waals surface area (Å²) < 4.78 is 14.1. The van der Waals surface area contributed by atoms with Crippen LogP contribution in [0.25, 0.3) is 0 Å². The zero-order valence-corrected chi connectivity index (χ0v) is 10.0. The minimum atomic E-state index is -0.734. The van der Waals surface area contributed by atoms with Crippen molar-refractivity contribution in [3.05, 3.63) is 46.7 Å². The van der Waals surface area contributed by atoms with Crippen molar-refractivity contribution in [2.24, 2.45) is 0 Å².